The molecule has 1 aliphatic heterocycles. The molecule has 0 saturated heterocycles. The van der Waals surface area contributed by atoms with Gasteiger partial charge in [-0.25, -0.2) is 5.90 Å². The number of ether oxygens (including phenoxy) is 1. The second-order valence-electron chi connectivity index (χ2n) is 4.58. The zero-order valence-corrected chi connectivity index (χ0v) is 9.25. The van der Waals surface area contributed by atoms with Crippen LogP contribution in [0.1, 0.15) is 31.4 Å². The van der Waals surface area contributed by atoms with Gasteiger partial charge in [0, 0.05) is 5.56 Å². The Hall–Kier alpha value is -1.06. The highest BCUT2D eigenvalue weighted by molar-refractivity contribution is 5.43. The SMILES string of the molecule is CC1(C)CCc2cccc(CON)c2O1. The Balaban J connectivity index is 2.36. The molecule has 0 amide bonds. The molecule has 1 aromatic rings. The molecule has 82 valence electrons. The average molecular weight is 207 g/mol. The molecule has 3 heteroatoms. The highest BCUT2D eigenvalue weighted by atomic mass is 16.6. The zero-order chi connectivity index (χ0) is 10.9. The van der Waals surface area contributed by atoms with Crippen molar-refractivity contribution in [2.24, 2.45) is 5.90 Å². The van der Waals surface area contributed by atoms with Crippen LogP contribution < -0.4 is 10.6 Å². The van der Waals surface area contributed by atoms with Crippen molar-refractivity contribution < 1.29 is 9.57 Å². The van der Waals surface area contributed by atoms with Crippen LogP contribution in [0.15, 0.2) is 18.2 Å². The molecule has 0 bridgehead atoms. The first-order valence-electron chi connectivity index (χ1n) is 5.24. The lowest BCUT2D eigenvalue weighted by Gasteiger charge is -2.33. The summed E-state index contributed by atoms with van der Waals surface area (Å²) in [5, 5.41) is 0. The number of para-hydroxylation sites is 1. The lowest BCUT2D eigenvalue weighted by molar-refractivity contribution is 0.0745. The smallest absolute Gasteiger partial charge is 0.128 e. The van der Waals surface area contributed by atoms with Gasteiger partial charge in [-0.2, -0.15) is 0 Å². The van der Waals surface area contributed by atoms with Crippen molar-refractivity contribution in [2.75, 3.05) is 0 Å². The maximum Gasteiger partial charge on any atom is 0.128 e. The summed E-state index contributed by atoms with van der Waals surface area (Å²) in [7, 11) is 0. The van der Waals surface area contributed by atoms with Crippen LogP contribution in [0.3, 0.4) is 0 Å². The van der Waals surface area contributed by atoms with Crippen LogP contribution in [0, 0.1) is 0 Å². The third-order valence-corrected chi connectivity index (χ3v) is 2.79. The number of rotatable bonds is 2. The van der Waals surface area contributed by atoms with E-state index in [0.717, 1.165) is 24.2 Å². The molecule has 2 N–H and O–H groups in total. The first-order valence-corrected chi connectivity index (χ1v) is 5.24. The van der Waals surface area contributed by atoms with Crippen molar-refractivity contribution in [3.05, 3.63) is 29.3 Å². The zero-order valence-electron chi connectivity index (χ0n) is 9.25. The van der Waals surface area contributed by atoms with Gasteiger partial charge < -0.3 is 4.74 Å². The van der Waals surface area contributed by atoms with Crippen LogP contribution >= 0.6 is 0 Å². The van der Waals surface area contributed by atoms with Gasteiger partial charge in [-0.3, -0.25) is 4.84 Å². The molecule has 0 radical (unpaired) electrons. The standard InChI is InChI=1S/C12H17NO2/c1-12(2)7-6-9-4-3-5-10(8-14-13)11(9)15-12/h3-5H,6-8,13H2,1-2H3. The van der Waals surface area contributed by atoms with Gasteiger partial charge in [0.05, 0.1) is 6.61 Å². The van der Waals surface area contributed by atoms with Gasteiger partial charge in [-0.15, -0.1) is 0 Å². The molecular formula is C12H17NO2. The number of hydrogen-bond acceptors (Lipinski definition) is 3. The second kappa shape index (κ2) is 3.83. The van der Waals surface area contributed by atoms with Gasteiger partial charge in [-0.05, 0) is 32.3 Å². The minimum Gasteiger partial charge on any atom is -0.487 e. The van der Waals surface area contributed by atoms with Crippen LogP contribution in [0.2, 0.25) is 0 Å². The van der Waals surface area contributed by atoms with Gasteiger partial charge in [0.1, 0.15) is 11.4 Å². The minimum atomic E-state index is -0.0856. The van der Waals surface area contributed by atoms with Gasteiger partial charge in [-0.1, -0.05) is 18.2 Å². The highest BCUT2D eigenvalue weighted by Gasteiger charge is 2.27. The quantitative estimate of drug-likeness (QED) is 0.756. The van der Waals surface area contributed by atoms with Crippen LogP contribution in [-0.2, 0) is 17.9 Å². The number of nitrogens with two attached hydrogens (primary N) is 1. The molecule has 0 atom stereocenters. The summed E-state index contributed by atoms with van der Waals surface area (Å²) in [5.74, 6) is 6.06. The molecule has 1 heterocycles. The van der Waals surface area contributed by atoms with E-state index in [4.69, 9.17) is 10.6 Å². The Kier molecular flexibility index (Phi) is 2.67. The van der Waals surface area contributed by atoms with Crippen LogP contribution in [0.4, 0.5) is 0 Å². The highest BCUT2D eigenvalue weighted by Crippen LogP contribution is 2.35. The monoisotopic (exact) mass is 207 g/mol. The molecule has 3 nitrogen and oxygen atoms in total. The Morgan fingerprint density at radius 1 is 1.47 bits per heavy atom. The maximum atomic E-state index is 5.97. The van der Waals surface area contributed by atoms with E-state index in [2.05, 4.69) is 24.8 Å². The van der Waals surface area contributed by atoms with E-state index in [1.54, 1.807) is 0 Å². The van der Waals surface area contributed by atoms with Crippen molar-refractivity contribution in [3.8, 4) is 5.75 Å². The number of aryl methyl sites for hydroxylation is 1. The third kappa shape index (κ3) is 2.13. The van der Waals surface area contributed by atoms with Crippen LogP contribution in [0.5, 0.6) is 5.75 Å². The summed E-state index contributed by atoms with van der Waals surface area (Å²) in [4.78, 5) is 4.68. The van der Waals surface area contributed by atoms with E-state index in [9.17, 15) is 0 Å². The van der Waals surface area contributed by atoms with E-state index in [-0.39, 0.29) is 5.60 Å². The second-order valence-corrected chi connectivity index (χ2v) is 4.58. The predicted molar refractivity (Wildman–Crippen MR) is 58.4 cm³/mol. The van der Waals surface area contributed by atoms with Crippen molar-refractivity contribution in [2.45, 2.75) is 38.9 Å². The summed E-state index contributed by atoms with van der Waals surface area (Å²) >= 11 is 0. The third-order valence-electron chi connectivity index (χ3n) is 2.79. The molecular weight excluding hydrogens is 190 g/mol. The van der Waals surface area contributed by atoms with Crippen LogP contribution in [-0.4, -0.2) is 5.60 Å². The molecule has 0 aliphatic carbocycles. The van der Waals surface area contributed by atoms with E-state index < -0.39 is 0 Å². The van der Waals surface area contributed by atoms with E-state index in [0.29, 0.717) is 6.61 Å². The number of hydrogen-bond donors (Lipinski definition) is 1. The average Bonchev–Trinajstić information content (AvgIpc) is 2.18. The summed E-state index contributed by atoms with van der Waals surface area (Å²) in [5.41, 5.74) is 2.20. The van der Waals surface area contributed by atoms with Gasteiger partial charge in [0.2, 0.25) is 0 Å². The fourth-order valence-electron chi connectivity index (χ4n) is 1.93. The lowest BCUT2D eigenvalue weighted by Crippen LogP contribution is -2.33. The molecule has 0 saturated carbocycles. The van der Waals surface area contributed by atoms with Gasteiger partial charge in [0.25, 0.3) is 0 Å². The van der Waals surface area contributed by atoms with Gasteiger partial charge >= 0.3 is 0 Å². The summed E-state index contributed by atoms with van der Waals surface area (Å²) < 4.78 is 5.97. The Morgan fingerprint density at radius 2 is 2.27 bits per heavy atom. The molecule has 1 aromatic carbocycles. The van der Waals surface area contributed by atoms with Crippen molar-refractivity contribution in [1.82, 2.24) is 0 Å². The van der Waals surface area contributed by atoms with Crippen molar-refractivity contribution in [3.63, 3.8) is 0 Å². The predicted octanol–water partition coefficient (Wildman–Crippen LogP) is 2.18. The topological polar surface area (TPSA) is 44.5 Å². The van der Waals surface area contributed by atoms with Crippen molar-refractivity contribution in [1.29, 1.82) is 0 Å². The molecule has 2 rings (SSSR count). The molecule has 15 heavy (non-hydrogen) atoms. The Morgan fingerprint density at radius 3 is 3.00 bits per heavy atom. The normalized spacial score (nSPS) is 18.1. The molecule has 0 spiro atoms. The van der Waals surface area contributed by atoms with Gasteiger partial charge in [0.15, 0.2) is 0 Å². The van der Waals surface area contributed by atoms with E-state index in [1.807, 2.05) is 12.1 Å². The first-order chi connectivity index (χ1) is 7.12. The maximum absolute atomic E-state index is 5.97. The fraction of sp³-hybridized carbons (Fsp3) is 0.500. The first kappa shape index (κ1) is 10.5. The molecule has 0 aromatic heterocycles. The minimum absolute atomic E-state index is 0.0856. The molecule has 1 aliphatic rings. The summed E-state index contributed by atoms with van der Waals surface area (Å²) in [6.07, 6.45) is 2.10. The molecule has 0 fully saturated rings. The van der Waals surface area contributed by atoms with Crippen molar-refractivity contribution >= 4 is 0 Å². The largest absolute Gasteiger partial charge is 0.487 e. The Bertz CT molecular complexity index is 361. The fourth-order valence-corrected chi connectivity index (χ4v) is 1.93. The number of benzene rings is 1. The number of fused-ring (bicyclic) bond motifs is 1. The molecule has 0 unspecified atom stereocenters. The summed E-state index contributed by atoms with van der Waals surface area (Å²) in [6, 6.07) is 6.12. The van der Waals surface area contributed by atoms with Crippen LogP contribution in [0.25, 0.3) is 0 Å². The van der Waals surface area contributed by atoms with E-state index in [1.165, 1.54) is 5.56 Å². The Labute approximate surface area is 90.1 Å². The summed E-state index contributed by atoms with van der Waals surface area (Å²) in [6.45, 7) is 4.62. The lowest BCUT2D eigenvalue weighted by atomic mass is 9.93. The van der Waals surface area contributed by atoms with E-state index >= 15 is 0 Å².